The monoisotopic (exact) mass is 594 g/mol. The van der Waals surface area contributed by atoms with E-state index in [4.69, 9.17) is 18.6 Å². The van der Waals surface area contributed by atoms with E-state index in [1.54, 1.807) is 32.0 Å². The molecular formula is C31H31FN2O7S. The zero-order valence-corrected chi connectivity index (χ0v) is 24.6. The molecule has 1 aliphatic rings. The highest BCUT2D eigenvalue weighted by Gasteiger charge is 2.45. The van der Waals surface area contributed by atoms with E-state index in [9.17, 15) is 18.8 Å². The van der Waals surface area contributed by atoms with E-state index in [1.807, 2.05) is 0 Å². The van der Waals surface area contributed by atoms with E-state index < -0.39 is 29.2 Å². The number of benzene rings is 2. The Balaban J connectivity index is 1.64. The number of nitrogens with zero attached hydrogens (tertiary/aromatic N) is 2. The molecule has 5 rings (SSSR count). The fraction of sp³-hybridized carbons (Fsp3) is 0.355. The van der Waals surface area contributed by atoms with Crippen LogP contribution in [0.4, 0.5) is 9.52 Å². The lowest BCUT2D eigenvalue weighted by molar-refractivity contribution is 0.0531. The van der Waals surface area contributed by atoms with Gasteiger partial charge in [0.2, 0.25) is 5.76 Å². The van der Waals surface area contributed by atoms with Gasteiger partial charge in [-0.1, -0.05) is 43.6 Å². The Bertz CT molecular complexity index is 1710. The molecular weight excluding hydrogens is 563 g/mol. The van der Waals surface area contributed by atoms with Crippen molar-refractivity contribution in [3.63, 3.8) is 0 Å². The van der Waals surface area contributed by atoms with Gasteiger partial charge in [0.25, 0.3) is 5.91 Å². The van der Waals surface area contributed by atoms with Gasteiger partial charge in [0.15, 0.2) is 22.1 Å². The van der Waals surface area contributed by atoms with Crippen LogP contribution in [0.25, 0.3) is 11.0 Å². The van der Waals surface area contributed by atoms with Crippen molar-refractivity contribution in [1.29, 1.82) is 0 Å². The Morgan fingerprint density at radius 2 is 1.90 bits per heavy atom. The Labute approximate surface area is 245 Å². The summed E-state index contributed by atoms with van der Waals surface area (Å²) in [6, 6.07) is 7.75. The molecule has 0 saturated heterocycles. The van der Waals surface area contributed by atoms with Gasteiger partial charge in [-0.25, -0.2) is 14.2 Å². The van der Waals surface area contributed by atoms with Crippen LogP contribution in [0.1, 0.15) is 82.6 Å². The molecule has 0 saturated carbocycles. The third-order valence-electron chi connectivity index (χ3n) is 7.04. The Kier molecular flexibility index (Phi) is 8.58. The predicted octanol–water partition coefficient (Wildman–Crippen LogP) is 6.59. The number of carbonyl (C=O) groups excluding carboxylic acids is 2. The minimum atomic E-state index is -0.996. The largest absolute Gasteiger partial charge is 0.493 e. The topological polar surface area (TPSA) is 108 Å². The van der Waals surface area contributed by atoms with Gasteiger partial charge in [0.1, 0.15) is 16.3 Å². The van der Waals surface area contributed by atoms with Crippen LogP contribution in [0.5, 0.6) is 11.5 Å². The van der Waals surface area contributed by atoms with Gasteiger partial charge < -0.3 is 18.6 Å². The molecule has 220 valence electrons. The fourth-order valence-corrected chi connectivity index (χ4v) is 6.00. The summed E-state index contributed by atoms with van der Waals surface area (Å²) in [6.45, 7) is 6.18. The van der Waals surface area contributed by atoms with E-state index in [1.165, 1.54) is 18.1 Å². The van der Waals surface area contributed by atoms with Gasteiger partial charge in [0.05, 0.1) is 43.0 Å². The van der Waals surface area contributed by atoms with Crippen molar-refractivity contribution in [3.8, 4) is 11.5 Å². The summed E-state index contributed by atoms with van der Waals surface area (Å²) in [6.07, 6.45) is 4.19. The van der Waals surface area contributed by atoms with Crippen molar-refractivity contribution in [2.45, 2.75) is 52.5 Å². The highest BCUT2D eigenvalue weighted by atomic mass is 32.1. The quantitative estimate of drug-likeness (QED) is 0.141. The summed E-state index contributed by atoms with van der Waals surface area (Å²) in [5.41, 5.74) is 0.485. The zero-order valence-electron chi connectivity index (χ0n) is 23.8. The lowest BCUT2D eigenvalue weighted by Crippen LogP contribution is -2.29. The van der Waals surface area contributed by atoms with Crippen LogP contribution in [0.2, 0.25) is 0 Å². The molecule has 2 aromatic carbocycles. The molecule has 0 bridgehead atoms. The fourth-order valence-electron chi connectivity index (χ4n) is 5.01. The maximum Gasteiger partial charge on any atom is 0.350 e. The van der Waals surface area contributed by atoms with Crippen molar-refractivity contribution in [3.05, 3.63) is 79.9 Å². The number of aryl methyl sites for hydroxylation is 1. The first-order chi connectivity index (χ1) is 20.3. The number of thiazole rings is 1. The lowest BCUT2D eigenvalue weighted by atomic mass is 9.98. The molecule has 0 aliphatic carbocycles. The van der Waals surface area contributed by atoms with Gasteiger partial charge in [-0.05, 0) is 56.2 Å². The van der Waals surface area contributed by atoms with Gasteiger partial charge in [0, 0.05) is 0 Å². The molecule has 11 heteroatoms. The number of carbonyl (C=O) groups is 2. The number of ether oxygens (including phenoxy) is 3. The second-order valence-electron chi connectivity index (χ2n) is 9.84. The molecule has 1 amide bonds. The first-order valence-electron chi connectivity index (χ1n) is 13.8. The molecule has 0 spiro atoms. The number of halogens is 1. The summed E-state index contributed by atoms with van der Waals surface area (Å²) < 4.78 is 36.8. The van der Waals surface area contributed by atoms with E-state index in [-0.39, 0.29) is 38.9 Å². The molecule has 1 atom stereocenters. The van der Waals surface area contributed by atoms with Crippen LogP contribution < -0.4 is 19.8 Å². The SMILES string of the molecule is CCCCCCOc1ccc(C2c3c(oc4ccc(F)cc4c3=O)C(=O)N2c2nc(C)c(C(=O)OCC)s2)cc1OC. The number of esters is 1. The van der Waals surface area contributed by atoms with E-state index >= 15 is 0 Å². The molecule has 1 unspecified atom stereocenters. The Morgan fingerprint density at radius 3 is 2.64 bits per heavy atom. The number of methoxy groups -OCH3 is 1. The molecule has 42 heavy (non-hydrogen) atoms. The maximum absolute atomic E-state index is 14.2. The molecule has 4 aromatic rings. The lowest BCUT2D eigenvalue weighted by Gasteiger charge is -2.23. The Morgan fingerprint density at radius 1 is 1.10 bits per heavy atom. The molecule has 0 radical (unpaired) electrons. The molecule has 0 N–H and O–H groups in total. The van der Waals surface area contributed by atoms with Crippen molar-refractivity contribution in [1.82, 2.24) is 4.98 Å². The number of hydrogen-bond donors (Lipinski definition) is 0. The average molecular weight is 595 g/mol. The predicted molar refractivity (Wildman–Crippen MR) is 157 cm³/mol. The normalized spacial score (nSPS) is 14.4. The molecule has 0 fully saturated rings. The number of rotatable bonds is 11. The highest BCUT2D eigenvalue weighted by molar-refractivity contribution is 7.17. The number of fused-ring (bicyclic) bond motifs is 2. The number of amides is 1. The third kappa shape index (κ3) is 5.36. The standard InChI is InChI=1S/C31H31FN2O7S/c1-5-7-8-9-14-40-22-12-10-18(15-23(22)38-4)25-24-26(35)20-16-19(32)11-13-21(20)41-27(24)29(36)34(25)31-33-17(3)28(42-31)30(37)39-6-2/h10-13,15-16,25H,5-9,14H2,1-4H3. The second kappa shape index (κ2) is 12.3. The third-order valence-corrected chi connectivity index (χ3v) is 8.18. The van der Waals surface area contributed by atoms with Crippen LogP contribution in [0.15, 0.2) is 45.6 Å². The first kappa shape index (κ1) is 29.2. The average Bonchev–Trinajstić information content (AvgIpc) is 3.50. The van der Waals surface area contributed by atoms with Crippen LogP contribution in [-0.2, 0) is 4.74 Å². The van der Waals surface area contributed by atoms with Crippen molar-refractivity contribution in [2.75, 3.05) is 25.2 Å². The van der Waals surface area contributed by atoms with E-state index in [0.29, 0.717) is 29.4 Å². The number of hydrogen-bond acceptors (Lipinski definition) is 9. The molecule has 2 aromatic heterocycles. The second-order valence-corrected chi connectivity index (χ2v) is 10.8. The number of anilines is 1. The zero-order chi connectivity index (χ0) is 30.0. The molecule has 3 heterocycles. The van der Waals surface area contributed by atoms with Gasteiger partial charge in [-0.3, -0.25) is 14.5 Å². The minimum absolute atomic E-state index is 0.00919. The summed E-state index contributed by atoms with van der Waals surface area (Å²) in [4.78, 5) is 46.4. The smallest absolute Gasteiger partial charge is 0.350 e. The van der Waals surface area contributed by atoms with Gasteiger partial charge in [-0.2, -0.15) is 0 Å². The van der Waals surface area contributed by atoms with Crippen molar-refractivity contribution < 1.29 is 32.6 Å². The number of unbranched alkanes of at least 4 members (excludes halogenated alkanes) is 3. The van der Waals surface area contributed by atoms with Crippen LogP contribution in [0.3, 0.4) is 0 Å². The minimum Gasteiger partial charge on any atom is -0.493 e. The Hall–Kier alpha value is -4.25. The molecule has 9 nitrogen and oxygen atoms in total. The maximum atomic E-state index is 14.2. The first-order valence-corrected chi connectivity index (χ1v) is 14.7. The van der Waals surface area contributed by atoms with Crippen LogP contribution in [0, 0.1) is 12.7 Å². The van der Waals surface area contributed by atoms with Crippen LogP contribution >= 0.6 is 11.3 Å². The van der Waals surface area contributed by atoms with Gasteiger partial charge >= 0.3 is 5.97 Å². The van der Waals surface area contributed by atoms with Crippen molar-refractivity contribution in [2.24, 2.45) is 0 Å². The highest BCUT2D eigenvalue weighted by Crippen LogP contribution is 2.45. The van der Waals surface area contributed by atoms with Crippen molar-refractivity contribution >= 4 is 39.3 Å². The molecule has 1 aliphatic heterocycles. The number of aromatic nitrogens is 1. The summed E-state index contributed by atoms with van der Waals surface area (Å²) in [7, 11) is 1.51. The summed E-state index contributed by atoms with van der Waals surface area (Å²) >= 11 is 0.981. The summed E-state index contributed by atoms with van der Waals surface area (Å²) in [5, 5.41) is 0.191. The van der Waals surface area contributed by atoms with E-state index in [2.05, 4.69) is 11.9 Å². The van der Waals surface area contributed by atoms with E-state index in [0.717, 1.165) is 49.2 Å². The summed E-state index contributed by atoms with van der Waals surface area (Å²) in [5.74, 6) is -1.01. The van der Waals surface area contributed by atoms with Gasteiger partial charge in [-0.15, -0.1) is 0 Å². The van der Waals surface area contributed by atoms with Crippen LogP contribution in [-0.4, -0.2) is 37.2 Å².